The van der Waals surface area contributed by atoms with E-state index in [2.05, 4.69) is 19.2 Å². The Morgan fingerprint density at radius 1 is 1.36 bits per heavy atom. The van der Waals surface area contributed by atoms with Gasteiger partial charge in [-0.15, -0.1) is 0 Å². The van der Waals surface area contributed by atoms with Gasteiger partial charge in [-0.25, -0.2) is 0 Å². The zero-order valence-electron chi connectivity index (χ0n) is 9.46. The minimum atomic E-state index is 0.240. The molecule has 0 saturated carbocycles. The highest BCUT2D eigenvalue weighted by atomic mass is 16.5. The van der Waals surface area contributed by atoms with Crippen LogP contribution in [0.4, 0.5) is 0 Å². The van der Waals surface area contributed by atoms with Crippen LogP contribution in [0.25, 0.3) is 0 Å². The third kappa shape index (κ3) is 3.56. The fraction of sp³-hybridized carbons (Fsp3) is 1.00. The molecule has 1 aliphatic heterocycles. The molecule has 2 unspecified atom stereocenters. The zero-order chi connectivity index (χ0) is 10.4. The molecule has 3 N–H and O–H groups in total. The summed E-state index contributed by atoms with van der Waals surface area (Å²) in [5.41, 5.74) is 5.90. The first-order chi connectivity index (χ1) is 6.77. The third-order valence-corrected chi connectivity index (χ3v) is 3.24. The van der Waals surface area contributed by atoms with Gasteiger partial charge < -0.3 is 15.8 Å². The third-order valence-electron chi connectivity index (χ3n) is 3.24. The molecule has 1 rings (SSSR count). The summed E-state index contributed by atoms with van der Waals surface area (Å²) in [6.07, 6.45) is 2.52. The van der Waals surface area contributed by atoms with Gasteiger partial charge in [-0.05, 0) is 12.5 Å². The zero-order valence-corrected chi connectivity index (χ0v) is 9.46. The van der Waals surface area contributed by atoms with Crippen LogP contribution in [0.2, 0.25) is 0 Å². The summed E-state index contributed by atoms with van der Waals surface area (Å²) in [5.74, 6) is 1.33. The van der Waals surface area contributed by atoms with Gasteiger partial charge in [0.2, 0.25) is 0 Å². The minimum absolute atomic E-state index is 0.240. The average Bonchev–Trinajstić information content (AvgIpc) is 2.59. The second kappa shape index (κ2) is 6.38. The van der Waals surface area contributed by atoms with E-state index in [0.29, 0.717) is 5.92 Å². The lowest BCUT2D eigenvalue weighted by Crippen LogP contribution is -2.37. The topological polar surface area (TPSA) is 47.3 Å². The lowest BCUT2D eigenvalue weighted by molar-refractivity contribution is 0.183. The number of nitrogens with two attached hydrogens (primary N) is 1. The van der Waals surface area contributed by atoms with Crippen molar-refractivity contribution in [1.82, 2.24) is 5.32 Å². The van der Waals surface area contributed by atoms with Crippen molar-refractivity contribution in [3.63, 3.8) is 0 Å². The number of ether oxygens (including phenoxy) is 1. The molecular weight excluding hydrogens is 176 g/mol. The Hall–Kier alpha value is -0.120. The fourth-order valence-corrected chi connectivity index (χ4v) is 1.88. The van der Waals surface area contributed by atoms with Crippen LogP contribution in [0, 0.1) is 11.8 Å². The standard InChI is InChI=1S/C11H24N2O/c1-3-9(4-2)5-13-6-10-7-14-8-11(10)12/h9-11,13H,3-8,12H2,1-2H3. The van der Waals surface area contributed by atoms with Gasteiger partial charge in [0, 0.05) is 18.5 Å². The van der Waals surface area contributed by atoms with Gasteiger partial charge in [-0.2, -0.15) is 0 Å². The summed E-state index contributed by atoms with van der Waals surface area (Å²) in [7, 11) is 0. The van der Waals surface area contributed by atoms with Crippen molar-refractivity contribution in [2.24, 2.45) is 17.6 Å². The predicted molar refractivity (Wildman–Crippen MR) is 59.2 cm³/mol. The molecular formula is C11H24N2O. The fourth-order valence-electron chi connectivity index (χ4n) is 1.88. The van der Waals surface area contributed by atoms with Crippen LogP contribution < -0.4 is 11.1 Å². The monoisotopic (exact) mass is 200 g/mol. The number of hydrogen-bond acceptors (Lipinski definition) is 3. The number of nitrogens with one attached hydrogen (secondary N) is 1. The second-order valence-electron chi connectivity index (χ2n) is 4.30. The van der Waals surface area contributed by atoms with Crippen LogP contribution in [0.5, 0.6) is 0 Å². The van der Waals surface area contributed by atoms with Crippen molar-refractivity contribution >= 4 is 0 Å². The van der Waals surface area contributed by atoms with Crippen LogP contribution in [-0.2, 0) is 4.74 Å². The molecule has 3 nitrogen and oxygen atoms in total. The van der Waals surface area contributed by atoms with Gasteiger partial charge in [0.25, 0.3) is 0 Å². The molecule has 0 spiro atoms. The van der Waals surface area contributed by atoms with E-state index in [1.54, 1.807) is 0 Å². The first-order valence-electron chi connectivity index (χ1n) is 5.81. The van der Waals surface area contributed by atoms with Crippen molar-refractivity contribution in [1.29, 1.82) is 0 Å². The van der Waals surface area contributed by atoms with E-state index >= 15 is 0 Å². The van der Waals surface area contributed by atoms with E-state index < -0.39 is 0 Å². The Morgan fingerprint density at radius 3 is 2.57 bits per heavy atom. The van der Waals surface area contributed by atoms with E-state index in [9.17, 15) is 0 Å². The van der Waals surface area contributed by atoms with Crippen molar-refractivity contribution in [2.75, 3.05) is 26.3 Å². The SMILES string of the molecule is CCC(CC)CNCC1COCC1N. The van der Waals surface area contributed by atoms with Crippen molar-refractivity contribution in [2.45, 2.75) is 32.7 Å². The van der Waals surface area contributed by atoms with Gasteiger partial charge >= 0.3 is 0 Å². The van der Waals surface area contributed by atoms with Crippen LogP contribution in [0.3, 0.4) is 0 Å². The molecule has 1 saturated heterocycles. The lowest BCUT2D eigenvalue weighted by atomic mass is 10.0. The summed E-state index contributed by atoms with van der Waals surface area (Å²) in [6, 6.07) is 0.240. The van der Waals surface area contributed by atoms with Crippen LogP contribution in [-0.4, -0.2) is 32.3 Å². The Balaban J connectivity index is 2.08. The van der Waals surface area contributed by atoms with Gasteiger partial charge in [0.15, 0.2) is 0 Å². The molecule has 1 fully saturated rings. The quantitative estimate of drug-likeness (QED) is 0.672. The minimum Gasteiger partial charge on any atom is -0.379 e. The van der Waals surface area contributed by atoms with E-state index in [-0.39, 0.29) is 6.04 Å². The van der Waals surface area contributed by atoms with Crippen molar-refractivity contribution in [3.05, 3.63) is 0 Å². The number of hydrogen-bond donors (Lipinski definition) is 2. The smallest absolute Gasteiger partial charge is 0.0621 e. The Morgan fingerprint density at radius 2 is 2.07 bits per heavy atom. The maximum absolute atomic E-state index is 5.90. The summed E-state index contributed by atoms with van der Waals surface area (Å²) >= 11 is 0. The summed E-state index contributed by atoms with van der Waals surface area (Å²) in [6.45, 7) is 8.20. The lowest BCUT2D eigenvalue weighted by Gasteiger charge is -2.17. The Bertz CT molecular complexity index is 148. The summed E-state index contributed by atoms with van der Waals surface area (Å²) in [5, 5.41) is 3.50. The molecule has 3 heteroatoms. The first-order valence-corrected chi connectivity index (χ1v) is 5.81. The second-order valence-corrected chi connectivity index (χ2v) is 4.30. The van der Waals surface area contributed by atoms with Crippen LogP contribution in [0.1, 0.15) is 26.7 Å². The predicted octanol–water partition coefficient (Wildman–Crippen LogP) is 0.986. The molecule has 0 bridgehead atoms. The molecule has 1 heterocycles. The maximum atomic E-state index is 5.90. The molecule has 1 aliphatic rings. The van der Waals surface area contributed by atoms with Gasteiger partial charge in [-0.3, -0.25) is 0 Å². The van der Waals surface area contributed by atoms with Gasteiger partial charge in [0.05, 0.1) is 13.2 Å². The maximum Gasteiger partial charge on any atom is 0.0621 e. The summed E-state index contributed by atoms with van der Waals surface area (Å²) < 4.78 is 5.31. The molecule has 0 aromatic carbocycles. The van der Waals surface area contributed by atoms with E-state index in [0.717, 1.165) is 32.2 Å². The molecule has 0 radical (unpaired) electrons. The van der Waals surface area contributed by atoms with E-state index in [4.69, 9.17) is 10.5 Å². The molecule has 2 atom stereocenters. The van der Waals surface area contributed by atoms with Gasteiger partial charge in [0.1, 0.15) is 0 Å². The first kappa shape index (κ1) is 12.0. The highest BCUT2D eigenvalue weighted by Crippen LogP contribution is 2.11. The molecule has 84 valence electrons. The Labute approximate surface area is 87.4 Å². The molecule has 0 aliphatic carbocycles. The average molecular weight is 200 g/mol. The molecule has 0 aromatic heterocycles. The number of rotatable bonds is 6. The van der Waals surface area contributed by atoms with Crippen molar-refractivity contribution in [3.8, 4) is 0 Å². The molecule has 14 heavy (non-hydrogen) atoms. The normalized spacial score (nSPS) is 27.4. The van der Waals surface area contributed by atoms with Crippen LogP contribution in [0.15, 0.2) is 0 Å². The molecule has 0 aromatic rings. The Kier molecular flexibility index (Phi) is 5.45. The van der Waals surface area contributed by atoms with E-state index in [1.807, 2.05) is 0 Å². The molecule has 0 amide bonds. The van der Waals surface area contributed by atoms with Crippen molar-refractivity contribution < 1.29 is 4.74 Å². The summed E-state index contributed by atoms with van der Waals surface area (Å²) in [4.78, 5) is 0. The highest BCUT2D eigenvalue weighted by Gasteiger charge is 2.24. The van der Waals surface area contributed by atoms with E-state index in [1.165, 1.54) is 12.8 Å². The largest absolute Gasteiger partial charge is 0.379 e. The van der Waals surface area contributed by atoms with Crippen LogP contribution >= 0.6 is 0 Å². The van der Waals surface area contributed by atoms with Gasteiger partial charge in [-0.1, -0.05) is 26.7 Å². The highest BCUT2D eigenvalue weighted by molar-refractivity contribution is 4.79.